The van der Waals surface area contributed by atoms with Crippen molar-refractivity contribution < 1.29 is 23.9 Å². The number of fused-ring (bicyclic) bond motifs is 1. The highest BCUT2D eigenvalue weighted by molar-refractivity contribution is 6.14. The lowest BCUT2D eigenvalue weighted by atomic mass is 10.0. The molecule has 0 radical (unpaired) electrons. The van der Waals surface area contributed by atoms with Crippen LogP contribution in [-0.2, 0) is 6.54 Å². The van der Waals surface area contributed by atoms with Gasteiger partial charge in [0.15, 0.2) is 5.76 Å². The summed E-state index contributed by atoms with van der Waals surface area (Å²) in [5.41, 5.74) is 1.18. The molecule has 0 bridgehead atoms. The zero-order chi connectivity index (χ0) is 19.0. The Labute approximate surface area is 157 Å². The van der Waals surface area contributed by atoms with Gasteiger partial charge in [0.25, 0.3) is 0 Å². The predicted octanol–water partition coefficient (Wildman–Crippen LogP) is 0.846. The number of nitrogens with one attached hydrogen (secondary N) is 1. The standard InChI is InChI=1S/C21H21FN2O3/c1-23-8-10-24(11-9-23)13-16-18(25)7-6-15-20(26)19(27-21(15)16)12-14-4-2-3-5-17(14)22/h2-7,12,25H,8-11,13H2,1H3/b19-12-. The summed E-state index contributed by atoms with van der Waals surface area (Å²) in [6.07, 6.45) is 1.40. The molecule has 0 aliphatic carbocycles. The number of carbonyl (C=O) groups excluding carboxylic acids is 1. The summed E-state index contributed by atoms with van der Waals surface area (Å²) >= 11 is 0. The van der Waals surface area contributed by atoms with E-state index < -0.39 is 5.82 Å². The zero-order valence-corrected chi connectivity index (χ0v) is 15.1. The molecule has 1 saturated heterocycles. The summed E-state index contributed by atoms with van der Waals surface area (Å²) in [5, 5.41) is 12.4. The molecule has 0 amide bonds. The van der Waals surface area contributed by atoms with Gasteiger partial charge in [0.1, 0.15) is 18.1 Å². The maximum atomic E-state index is 13.9. The number of nitrogens with zero attached hydrogens (tertiary/aromatic N) is 1. The number of rotatable bonds is 3. The highest BCUT2D eigenvalue weighted by Crippen LogP contribution is 2.38. The quantitative estimate of drug-likeness (QED) is 0.816. The maximum absolute atomic E-state index is 13.9. The molecule has 0 spiro atoms. The lowest BCUT2D eigenvalue weighted by Crippen LogP contribution is -3.13. The van der Waals surface area contributed by atoms with E-state index in [1.54, 1.807) is 18.2 Å². The van der Waals surface area contributed by atoms with Gasteiger partial charge in [0.2, 0.25) is 5.78 Å². The Hall–Kier alpha value is -2.70. The Morgan fingerprint density at radius 3 is 2.70 bits per heavy atom. The second kappa shape index (κ2) is 7.13. The second-order valence-corrected chi connectivity index (χ2v) is 7.11. The largest absolute Gasteiger partial charge is 0.872 e. The van der Waals surface area contributed by atoms with E-state index in [9.17, 15) is 14.3 Å². The third kappa shape index (κ3) is 3.46. The van der Waals surface area contributed by atoms with Gasteiger partial charge in [-0.1, -0.05) is 30.0 Å². The SMILES string of the molecule is CN1CC[NH+](Cc2c([O-])ccc3c2O/C(=C\c2ccccc2F)C3=O)CC1. The van der Waals surface area contributed by atoms with Gasteiger partial charge in [0.05, 0.1) is 18.7 Å². The smallest absolute Gasteiger partial charge is 0.231 e. The molecule has 2 aromatic rings. The van der Waals surface area contributed by atoms with Gasteiger partial charge in [0, 0.05) is 24.2 Å². The Morgan fingerprint density at radius 2 is 1.96 bits per heavy atom. The molecule has 2 aromatic carbocycles. The first-order valence-electron chi connectivity index (χ1n) is 9.06. The van der Waals surface area contributed by atoms with Gasteiger partial charge in [-0.25, -0.2) is 4.39 Å². The van der Waals surface area contributed by atoms with E-state index in [4.69, 9.17) is 4.74 Å². The number of likely N-dealkylation sites (N-methyl/N-ethyl adjacent to an activating group) is 1. The lowest BCUT2D eigenvalue weighted by Gasteiger charge is -2.30. The number of halogens is 1. The fourth-order valence-corrected chi connectivity index (χ4v) is 3.55. The van der Waals surface area contributed by atoms with Crippen molar-refractivity contribution in [1.29, 1.82) is 0 Å². The molecule has 2 aliphatic heterocycles. The van der Waals surface area contributed by atoms with E-state index in [0.29, 0.717) is 23.4 Å². The highest BCUT2D eigenvalue weighted by Gasteiger charge is 2.31. The predicted molar refractivity (Wildman–Crippen MR) is 97.1 cm³/mol. The molecule has 2 heterocycles. The van der Waals surface area contributed by atoms with Crippen LogP contribution in [0.2, 0.25) is 0 Å². The highest BCUT2D eigenvalue weighted by atomic mass is 19.1. The molecule has 0 unspecified atom stereocenters. The number of quaternary nitrogens is 1. The molecular weight excluding hydrogens is 347 g/mol. The number of carbonyl (C=O) groups is 1. The molecule has 140 valence electrons. The Balaban J connectivity index is 1.64. The molecule has 0 atom stereocenters. The number of hydrogen-bond acceptors (Lipinski definition) is 4. The Bertz CT molecular complexity index is 918. The first kappa shape index (κ1) is 17.7. The molecule has 1 N–H and O–H groups in total. The minimum absolute atomic E-state index is 0.0512. The van der Waals surface area contributed by atoms with Crippen LogP contribution in [0.5, 0.6) is 11.5 Å². The average Bonchev–Trinajstić information content (AvgIpc) is 2.97. The number of hydrogen-bond donors (Lipinski definition) is 1. The molecule has 4 rings (SSSR count). The number of piperazine rings is 1. The lowest BCUT2D eigenvalue weighted by molar-refractivity contribution is -0.918. The number of allylic oxidation sites excluding steroid dienone is 1. The molecule has 6 heteroatoms. The number of benzene rings is 2. The monoisotopic (exact) mass is 368 g/mol. The van der Waals surface area contributed by atoms with Gasteiger partial charge >= 0.3 is 0 Å². The number of ether oxygens (including phenoxy) is 1. The first-order valence-corrected chi connectivity index (χ1v) is 9.06. The normalized spacial score (nSPS) is 19.3. The van der Waals surface area contributed by atoms with E-state index in [0.717, 1.165) is 26.2 Å². The third-order valence-corrected chi connectivity index (χ3v) is 5.21. The topological polar surface area (TPSA) is 57.0 Å². The fourth-order valence-electron chi connectivity index (χ4n) is 3.55. The van der Waals surface area contributed by atoms with Gasteiger partial charge in [-0.15, -0.1) is 0 Å². The van der Waals surface area contributed by atoms with Crippen molar-refractivity contribution in [3.8, 4) is 11.5 Å². The van der Waals surface area contributed by atoms with Crippen LogP contribution in [0.25, 0.3) is 6.08 Å². The first-order chi connectivity index (χ1) is 13.0. The van der Waals surface area contributed by atoms with Crippen molar-refractivity contribution in [3.05, 3.63) is 64.7 Å². The summed E-state index contributed by atoms with van der Waals surface area (Å²) in [5.74, 6) is -0.483. The van der Waals surface area contributed by atoms with Crippen LogP contribution >= 0.6 is 0 Å². The van der Waals surface area contributed by atoms with Crippen LogP contribution in [-0.4, -0.2) is 43.9 Å². The van der Waals surface area contributed by atoms with Crippen LogP contribution < -0.4 is 14.7 Å². The molecule has 2 aliphatic rings. The van der Waals surface area contributed by atoms with E-state index in [2.05, 4.69) is 11.9 Å². The van der Waals surface area contributed by atoms with Crippen molar-refractivity contribution in [2.75, 3.05) is 33.2 Å². The van der Waals surface area contributed by atoms with Crippen LogP contribution in [0.4, 0.5) is 4.39 Å². The van der Waals surface area contributed by atoms with Crippen LogP contribution in [0.1, 0.15) is 21.5 Å². The Kier molecular flexibility index (Phi) is 4.68. The molecular formula is C21H21FN2O3. The number of Topliss-reactive ketones (excluding diaryl/α,β-unsaturated/α-hetero) is 1. The van der Waals surface area contributed by atoms with E-state index in [1.807, 2.05) is 0 Å². The summed E-state index contributed by atoms with van der Waals surface area (Å²) in [7, 11) is 2.08. The number of ketones is 1. The average molecular weight is 368 g/mol. The third-order valence-electron chi connectivity index (χ3n) is 5.21. The van der Waals surface area contributed by atoms with Gasteiger partial charge in [-0.3, -0.25) is 9.69 Å². The van der Waals surface area contributed by atoms with Gasteiger partial charge < -0.3 is 14.7 Å². The minimum Gasteiger partial charge on any atom is -0.872 e. The van der Waals surface area contributed by atoms with Crippen molar-refractivity contribution in [1.82, 2.24) is 4.90 Å². The van der Waals surface area contributed by atoms with Gasteiger partial charge in [-0.05, 0) is 25.3 Å². The molecule has 0 saturated carbocycles. The van der Waals surface area contributed by atoms with E-state index >= 15 is 0 Å². The van der Waals surface area contributed by atoms with Gasteiger partial charge in [-0.2, -0.15) is 0 Å². The van der Waals surface area contributed by atoms with Crippen molar-refractivity contribution >= 4 is 11.9 Å². The van der Waals surface area contributed by atoms with Crippen LogP contribution in [0.15, 0.2) is 42.2 Å². The van der Waals surface area contributed by atoms with Crippen molar-refractivity contribution in [3.63, 3.8) is 0 Å². The van der Waals surface area contributed by atoms with Crippen molar-refractivity contribution in [2.45, 2.75) is 6.54 Å². The van der Waals surface area contributed by atoms with E-state index in [-0.39, 0.29) is 22.9 Å². The summed E-state index contributed by atoms with van der Waals surface area (Å²) in [6, 6.07) is 9.12. The fraction of sp³-hybridized carbons (Fsp3) is 0.286. The van der Waals surface area contributed by atoms with Crippen LogP contribution in [0, 0.1) is 5.82 Å². The molecule has 27 heavy (non-hydrogen) atoms. The van der Waals surface area contributed by atoms with Crippen molar-refractivity contribution in [2.24, 2.45) is 0 Å². The zero-order valence-electron chi connectivity index (χ0n) is 15.1. The van der Waals surface area contributed by atoms with E-state index in [1.165, 1.54) is 29.2 Å². The summed E-state index contributed by atoms with van der Waals surface area (Å²) in [6.45, 7) is 4.33. The maximum Gasteiger partial charge on any atom is 0.231 e. The molecule has 0 aromatic heterocycles. The molecule has 5 nitrogen and oxygen atoms in total. The minimum atomic E-state index is -0.427. The van der Waals surface area contributed by atoms with Crippen LogP contribution in [0.3, 0.4) is 0 Å². The summed E-state index contributed by atoms with van der Waals surface area (Å²) in [4.78, 5) is 16.2. The second-order valence-electron chi connectivity index (χ2n) is 7.11. The Morgan fingerprint density at radius 1 is 1.22 bits per heavy atom. The molecule has 1 fully saturated rings. The summed E-state index contributed by atoms with van der Waals surface area (Å²) < 4.78 is 19.7.